The van der Waals surface area contributed by atoms with E-state index in [2.05, 4.69) is 68.4 Å². The summed E-state index contributed by atoms with van der Waals surface area (Å²) < 4.78 is 1.89. The second-order valence-electron chi connectivity index (χ2n) is 8.35. The standard InChI is InChI=1S/C24H25ClN4/c1-16(17-8-6-5-7-9-17)27-22-14-21(24(2,3)4)28-23-20(15-26-29(22)23)18-10-12-19(25)13-11-18/h5-16,27H,1-4H3/t16-/m1/s1. The van der Waals surface area contributed by atoms with Gasteiger partial charge in [0.2, 0.25) is 0 Å². The van der Waals surface area contributed by atoms with Crippen molar-refractivity contribution in [3.05, 3.63) is 83.1 Å². The Morgan fingerprint density at radius 1 is 1.00 bits per heavy atom. The van der Waals surface area contributed by atoms with Crippen molar-refractivity contribution < 1.29 is 0 Å². The zero-order chi connectivity index (χ0) is 20.6. The Labute approximate surface area is 176 Å². The zero-order valence-electron chi connectivity index (χ0n) is 17.1. The van der Waals surface area contributed by atoms with Gasteiger partial charge in [0.25, 0.3) is 0 Å². The topological polar surface area (TPSA) is 42.2 Å². The molecule has 0 saturated carbocycles. The molecule has 0 aliphatic heterocycles. The molecule has 0 aliphatic rings. The molecule has 4 nitrogen and oxygen atoms in total. The van der Waals surface area contributed by atoms with E-state index < -0.39 is 0 Å². The second kappa shape index (κ2) is 7.53. The lowest BCUT2D eigenvalue weighted by molar-refractivity contribution is 0.568. The maximum Gasteiger partial charge on any atom is 0.165 e. The van der Waals surface area contributed by atoms with Crippen LogP contribution in [0, 0.1) is 0 Å². The first-order chi connectivity index (χ1) is 13.8. The van der Waals surface area contributed by atoms with E-state index in [1.54, 1.807) is 0 Å². The molecule has 148 valence electrons. The number of aromatic nitrogens is 3. The van der Waals surface area contributed by atoms with E-state index in [4.69, 9.17) is 16.6 Å². The van der Waals surface area contributed by atoms with Crippen LogP contribution in [-0.2, 0) is 5.41 Å². The first-order valence-electron chi connectivity index (χ1n) is 9.79. The number of benzene rings is 2. The van der Waals surface area contributed by atoms with Crippen molar-refractivity contribution in [3.63, 3.8) is 0 Å². The first-order valence-corrected chi connectivity index (χ1v) is 10.2. The fraction of sp³-hybridized carbons (Fsp3) is 0.250. The second-order valence-corrected chi connectivity index (χ2v) is 8.79. The summed E-state index contributed by atoms with van der Waals surface area (Å²) in [6.45, 7) is 8.68. The van der Waals surface area contributed by atoms with Crippen molar-refractivity contribution in [3.8, 4) is 11.1 Å². The van der Waals surface area contributed by atoms with Gasteiger partial charge in [-0.2, -0.15) is 9.61 Å². The van der Waals surface area contributed by atoms with E-state index in [0.717, 1.165) is 28.3 Å². The van der Waals surface area contributed by atoms with Gasteiger partial charge < -0.3 is 5.32 Å². The molecular formula is C24H25ClN4. The van der Waals surface area contributed by atoms with Crippen LogP contribution in [0.3, 0.4) is 0 Å². The minimum absolute atomic E-state index is 0.0876. The molecule has 2 aromatic heterocycles. The summed E-state index contributed by atoms with van der Waals surface area (Å²) >= 11 is 6.07. The van der Waals surface area contributed by atoms with Gasteiger partial charge in [0.1, 0.15) is 5.82 Å². The summed E-state index contributed by atoms with van der Waals surface area (Å²) in [6, 6.07) is 20.4. The number of nitrogens with zero attached hydrogens (tertiary/aromatic N) is 3. The Bertz CT molecular complexity index is 1130. The Morgan fingerprint density at radius 2 is 1.69 bits per heavy atom. The third-order valence-electron chi connectivity index (χ3n) is 5.06. The zero-order valence-corrected chi connectivity index (χ0v) is 17.9. The van der Waals surface area contributed by atoms with Crippen LogP contribution in [0.15, 0.2) is 66.9 Å². The molecule has 4 aromatic rings. The van der Waals surface area contributed by atoms with Crippen molar-refractivity contribution in [1.82, 2.24) is 14.6 Å². The Hall–Kier alpha value is -2.85. The molecule has 0 saturated heterocycles. The summed E-state index contributed by atoms with van der Waals surface area (Å²) in [5.74, 6) is 0.927. The lowest BCUT2D eigenvalue weighted by Crippen LogP contribution is -2.17. The highest BCUT2D eigenvalue weighted by atomic mass is 35.5. The number of rotatable bonds is 4. The van der Waals surface area contributed by atoms with E-state index in [1.165, 1.54) is 5.56 Å². The number of hydrogen-bond donors (Lipinski definition) is 1. The van der Waals surface area contributed by atoms with Crippen molar-refractivity contribution >= 4 is 23.1 Å². The minimum Gasteiger partial charge on any atom is -0.363 e. The van der Waals surface area contributed by atoms with E-state index in [0.29, 0.717) is 5.02 Å². The summed E-state index contributed by atoms with van der Waals surface area (Å²) in [4.78, 5) is 4.97. The first kappa shape index (κ1) is 19.5. The number of hydrogen-bond acceptors (Lipinski definition) is 3. The smallest absolute Gasteiger partial charge is 0.165 e. The maximum absolute atomic E-state index is 6.07. The average Bonchev–Trinajstić information content (AvgIpc) is 3.13. The van der Waals surface area contributed by atoms with Gasteiger partial charge in [0.05, 0.1) is 11.9 Å². The third kappa shape index (κ3) is 3.99. The quantitative estimate of drug-likeness (QED) is 0.421. The highest BCUT2D eigenvalue weighted by Crippen LogP contribution is 2.31. The molecule has 1 atom stereocenters. The van der Waals surface area contributed by atoms with Crippen LogP contribution in [0.1, 0.15) is 45.0 Å². The molecule has 29 heavy (non-hydrogen) atoms. The summed E-state index contributed by atoms with van der Waals surface area (Å²) in [5.41, 5.74) is 5.02. The minimum atomic E-state index is -0.0876. The van der Waals surface area contributed by atoms with Crippen LogP contribution in [0.5, 0.6) is 0 Å². The lowest BCUT2D eigenvalue weighted by Gasteiger charge is -2.22. The van der Waals surface area contributed by atoms with Crippen LogP contribution in [-0.4, -0.2) is 14.6 Å². The molecule has 0 bridgehead atoms. The van der Waals surface area contributed by atoms with E-state index >= 15 is 0 Å². The predicted octanol–water partition coefficient (Wildman–Crippen LogP) is 6.52. The van der Waals surface area contributed by atoms with E-state index in [1.807, 2.05) is 41.0 Å². The largest absolute Gasteiger partial charge is 0.363 e. The van der Waals surface area contributed by atoms with Gasteiger partial charge in [0.15, 0.2) is 5.65 Å². The molecule has 1 N–H and O–H groups in total. The molecule has 0 spiro atoms. The van der Waals surface area contributed by atoms with Gasteiger partial charge in [0, 0.05) is 28.1 Å². The van der Waals surface area contributed by atoms with Crippen LogP contribution in [0.2, 0.25) is 5.02 Å². The fourth-order valence-corrected chi connectivity index (χ4v) is 3.46. The van der Waals surface area contributed by atoms with Gasteiger partial charge in [-0.1, -0.05) is 74.8 Å². The highest BCUT2D eigenvalue weighted by Gasteiger charge is 2.21. The molecular weight excluding hydrogens is 380 g/mol. The summed E-state index contributed by atoms with van der Waals surface area (Å²) in [6.07, 6.45) is 1.87. The van der Waals surface area contributed by atoms with Crippen LogP contribution >= 0.6 is 11.6 Å². The lowest BCUT2D eigenvalue weighted by atomic mass is 9.92. The van der Waals surface area contributed by atoms with Gasteiger partial charge in [-0.15, -0.1) is 0 Å². The van der Waals surface area contributed by atoms with Crippen LogP contribution in [0.4, 0.5) is 5.82 Å². The Balaban J connectivity index is 1.84. The van der Waals surface area contributed by atoms with Crippen LogP contribution < -0.4 is 5.32 Å². The van der Waals surface area contributed by atoms with Gasteiger partial charge in [-0.05, 0) is 30.2 Å². The average molecular weight is 405 g/mol. The Morgan fingerprint density at radius 3 is 2.34 bits per heavy atom. The van der Waals surface area contributed by atoms with Crippen molar-refractivity contribution in [2.24, 2.45) is 0 Å². The van der Waals surface area contributed by atoms with Crippen molar-refractivity contribution in [1.29, 1.82) is 0 Å². The fourth-order valence-electron chi connectivity index (χ4n) is 3.33. The van der Waals surface area contributed by atoms with Crippen LogP contribution in [0.25, 0.3) is 16.8 Å². The molecule has 0 aliphatic carbocycles. The molecule has 2 heterocycles. The van der Waals surface area contributed by atoms with Gasteiger partial charge in [-0.3, -0.25) is 0 Å². The highest BCUT2D eigenvalue weighted by molar-refractivity contribution is 6.30. The monoisotopic (exact) mass is 404 g/mol. The number of halogens is 1. The predicted molar refractivity (Wildman–Crippen MR) is 121 cm³/mol. The summed E-state index contributed by atoms with van der Waals surface area (Å²) in [7, 11) is 0. The molecule has 0 radical (unpaired) electrons. The number of nitrogens with one attached hydrogen (secondary N) is 1. The van der Waals surface area contributed by atoms with E-state index in [9.17, 15) is 0 Å². The molecule has 5 heteroatoms. The molecule has 0 fully saturated rings. The molecule has 0 unspecified atom stereocenters. The third-order valence-corrected chi connectivity index (χ3v) is 5.31. The summed E-state index contributed by atoms with van der Waals surface area (Å²) in [5, 5.41) is 8.99. The number of anilines is 1. The Kier molecular flexibility index (Phi) is 5.05. The van der Waals surface area contributed by atoms with E-state index in [-0.39, 0.29) is 11.5 Å². The van der Waals surface area contributed by atoms with Crippen molar-refractivity contribution in [2.45, 2.75) is 39.2 Å². The maximum atomic E-state index is 6.07. The number of fused-ring (bicyclic) bond motifs is 1. The van der Waals surface area contributed by atoms with Gasteiger partial charge >= 0.3 is 0 Å². The molecule has 2 aromatic carbocycles. The normalized spacial score (nSPS) is 12.9. The van der Waals surface area contributed by atoms with Gasteiger partial charge in [-0.25, -0.2) is 4.98 Å². The van der Waals surface area contributed by atoms with Crippen molar-refractivity contribution in [2.75, 3.05) is 5.32 Å². The molecule has 0 amide bonds. The SMILES string of the molecule is C[C@@H](Nc1cc(C(C)(C)C)nc2c(-c3ccc(Cl)cc3)cnn12)c1ccccc1. The molecule has 4 rings (SSSR count).